The van der Waals surface area contributed by atoms with E-state index < -0.39 is 11.9 Å². The minimum atomic E-state index is -0.959. The van der Waals surface area contributed by atoms with Crippen LogP contribution in [0.4, 0.5) is 10.5 Å². The summed E-state index contributed by atoms with van der Waals surface area (Å²) in [7, 11) is 0. The number of nitrogens with one attached hydrogen (secondary N) is 1. The summed E-state index contributed by atoms with van der Waals surface area (Å²) in [5, 5.41) is 3.23. The van der Waals surface area contributed by atoms with Gasteiger partial charge >= 0.3 is 6.03 Å². The van der Waals surface area contributed by atoms with Gasteiger partial charge in [0.2, 0.25) is 0 Å². The molecule has 0 fully saturated rings. The summed E-state index contributed by atoms with van der Waals surface area (Å²) in [5.74, 6) is -0.722. The van der Waals surface area contributed by atoms with Gasteiger partial charge in [0, 0.05) is 22.7 Å². The van der Waals surface area contributed by atoms with E-state index >= 15 is 0 Å². The number of halogens is 1. The maximum atomic E-state index is 11.8. The lowest BCUT2D eigenvalue weighted by molar-refractivity contribution is 0.0963. The number of nitrogens with two attached hydrogens (primary N) is 2. The molecule has 0 unspecified atom stereocenters. The maximum absolute atomic E-state index is 11.8. The third kappa shape index (κ3) is 2.05. The monoisotopic (exact) mass is 264 g/mol. The van der Waals surface area contributed by atoms with Gasteiger partial charge < -0.3 is 11.5 Å². The van der Waals surface area contributed by atoms with Crippen molar-refractivity contribution in [2.45, 2.75) is 0 Å². The standard InChI is InChI=1S/C11H9ClN4O2/c12-6-1-2-7(13)5-3-4-15-9(8(5)6)10(17)16-11(14)18/h1-4H,13H2,(H3,14,16,17,18). The number of fused-ring (bicyclic) bond motifs is 1. The number of aromatic nitrogens is 1. The van der Waals surface area contributed by atoms with Crippen LogP contribution in [-0.2, 0) is 0 Å². The average molecular weight is 265 g/mol. The second kappa shape index (κ2) is 4.50. The number of pyridine rings is 1. The van der Waals surface area contributed by atoms with Gasteiger partial charge in [-0.25, -0.2) is 4.79 Å². The molecule has 2 aromatic rings. The molecule has 2 rings (SSSR count). The fourth-order valence-electron chi connectivity index (χ4n) is 1.62. The van der Waals surface area contributed by atoms with Crippen molar-refractivity contribution in [3.05, 3.63) is 35.1 Å². The number of primary amides is 1. The molecule has 0 saturated carbocycles. The highest BCUT2D eigenvalue weighted by molar-refractivity contribution is 6.37. The Hall–Kier alpha value is -2.34. The summed E-state index contributed by atoms with van der Waals surface area (Å²) >= 11 is 6.02. The van der Waals surface area contributed by atoms with Crippen LogP contribution in [0.2, 0.25) is 5.02 Å². The van der Waals surface area contributed by atoms with E-state index in [4.69, 9.17) is 23.1 Å². The lowest BCUT2D eigenvalue weighted by Gasteiger charge is -2.08. The number of nitrogen functional groups attached to an aromatic ring is 1. The summed E-state index contributed by atoms with van der Waals surface area (Å²) in [6, 6.07) is 3.86. The Balaban J connectivity index is 2.68. The molecule has 92 valence electrons. The Bertz CT molecular complexity index is 657. The smallest absolute Gasteiger partial charge is 0.319 e. The van der Waals surface area contributed by atoms with Gasteiger partial charge in [0.05, 0.1) is 5.02 Å². The molecule has 18 heavy (non-hydrogen) atoms. The Kier molecular flexibility index (Phi) is 3.03. The number of rotatable bonds is 1. The number of hydrogen-bond acceptors (Lipinski definition) is 4. The zero-order chi connectivity index (χ0) is 13.3. The van der Waals surface area contributed by atoms with E-state index in [9.17, 15) is 9.59 Å². The second-order valence-electron chi connectivity index (χ2n) is 3.54. The van der Waals surface area contributed by atoms with Gasteiger partial charge in [-0.2, -0.15) is 0 Å². The van der Waals surface area contributed by atoms with Gasteiger partial charge in [-0.3, -0.25) is 15.1 Å². The van der Waals surface area contributed by atoms with Crippen LogP contribution in [0.5, 0.6) is 0 Å². The van der Waals surface area contributed by atoms with Gasteiger partial charge in [0.25, 0.3) is 5.91 Å². The number of benzene rings is 1. The number of urea groups is 1. The highest BCUT2D eigenvalue weighted by Gasteiger charge is 2.16. The van der Waals surface area contributed by atoms with Crippen molar-refractivity contribution in [2.75, 3.05) is 5.73 Å². The van der Waals surface area contributed by atoms with Crippen molar-refractivity contribution < 1.29 is 9.59 Å². The van der Waals surface area contributed by atoms with Gasteiger partial charge in [0.1, 0.15) is 5.69 Å². The van der Waals surface area contributed by atoms with Gasteiger partial charge in [0.15, 0.2) is 0 Å². The Morgan fingerprint density at radius 2 is 2.00 bits per heavy atom. The van der Waals surface area contributed by atoms with Crippen LogP contribution >= 0.6 is 11.6 Å². The molecule has 0 radical (unpaired) electrons. The Labute approximate surface area is 107 Å². The van der Waals surface area contributed by atoms with E-state index in [-0.39, 0.29) is 5.69 Å². The topological polar surface area (TPSA) is 111 Å². The van der Waals surface area contributed by atoms with E-state index in [0.717, 1.165) is 0 Å². The van der Waals surface area contributed by atoms with Crippen molar-refractivity contribution in [2.24, 2.45) is 5.73 Å². The highest BCUT2D eigenvalue weighted by atomic mass is 35.5. The minimum Gasteiger partial charge on any atom is -0.398 e. The van der Waals surface area contributed by atoms with Crippen LogP contribution < -0.4 is 16.8 Å². The van der Waals surface area contributed by atoms with Crippen molar-refractivity contribution in [1.82, 2.24) is 10.3 Å². The summed E-state index contributed by atoms with van der Waals surface area (Å²) < 4.78 is 0. The Morgan fingerprint density at radius 3 is 2.67 bits per heavy atom. The number of anilines is 1. The van der Waals surface area contributed by atoms with E-state index in [1.54, 1.807) is 18.2 Å². The van der Waals surface area contributed by atoms with Crippen LogP contribution in [0.3, 0.4) is 0 Å². The average Bonchev–Trinajstić information content (AvgIpc) is 2.32. The molecule has 0 bridgehead atoms. The predicted molar refractivity (Wildman–Crippen MR) is 68.2 cm³/mol. The molecule has 1 heterocycles. The van der Waals surface area contributed by atoms with Crippen molar-refractivity contribution in [3.63, 3.8) is 0 Å². The zero-order valence-corrected chi connectivity index (χ0v) is 9.86. The molecule has 0 aliphatic heterocycles. The number of imide groups is 1. The molecule has 7 heteroatoms. The predicted octanol–water partition coefficient (Wildman–Crippen LogP) is 1.28. The summed E-state index contributed by atoms with van der Waals surface area (Å²) in [4.78, 5) is 26.3. The first-order valence-electron chi connectivity index (χ1n) is 4.94. The molecule has 0 aliphatic carbocycles. The van der Waals surface area contributed by atoms with Crippen molar-refractivity contribution >= 4 is 40.0 Å². The summed E-state index contributed by atoms with van der Waals surface area (Å²) in [6.07, 6.45) is 1.41. The summed E-state index contributed by atoms with van der Waals surface area (Å²) in [6.45, 7) is 0. The minimum absolute atomic E-state index is 0.00333. The molecule has 6 nitrogen and oxygen atoms in total. The first-order chi connectivity index (χ1) is 8.50. The number of nitrogens with zero attached hydrogens (tertiary/aromatic N) is 1. The SMILES string of the molecule is NC(=O)NC(=O)c1nccc2c(N)ccc(Cl)c12. The van der Waals surface area contributed by atoms with Crippen LogP contribution in [0.15, 0.2) is 24.4 Å². The number of hydrogen-bond donors (Lipinski definition) is 3. The lowest BCUT2D eigenvalue weighted by atomic mass is 10.1. The molecule has 1 aromatic heterocycles. The van der Waals surface area contributed by atoms with E-state index in [1.807, 2.05) is 5.32 Å². The van der Waals surface area contributed by atoms with Crippen molar-refractivity contribution in [1.29, 1.82) is 0 Å². The van der Waals surface area contributed by atoms with Crippen LogP contribution in [0, 0.1) is 0 Å². The van der Waals surface area contributed by atoms with E-state index in [1.165, 1.54) is 6.20 Å². The van der Waals surface area contributed by atoms with Crippen molar-refractivity contribution in [3.8, 4) is 0 Å². The lowest BCUT2D eigenvalue weighted by Crippen LogP contribution is -2.35. The molecular weight excluding hydrogens is 256 g/mol. The molecule has 5 N–H and O–H groups in total. The molecular formula is C11H9ClN4O2. The first kappa shape index (κ1) is 12.1. The molecule has 0 spiro atoms. The number of amides is 3. The molecule has 3 amide bonds. The van der Waals surface area contributed by atoms with Crippen LogP contribution in [-0.4, -0.2) is 16.9 Å². The molecule has 0 saturated heterocycles. The molecule has 0 aliphatic rings. The first-order valence-corrected chi connectivity index (χ1v) is 5.32. The van der Waals surface area contributed by atoms with Gasteiger partial charge in [-0.15, -0.1) is 0 Å². The van der Waals surface area contributed by atoms with Crippen LogP contribution in [0.25, 0.3) is 10.8 Å². The fourth-order valence-corrected chi connectivity index (χ4v) is 1.88. The third-order valence-corrected chi connectivity index (χ3v) is 2.68. The van der Waals surface area contributed by atoms with Crippen LogP contribution in [0.1, 0.15) is 10.5 Å². The molecule has 0 atom stereocenters. The maximum Gasteiger partial charge on any atom is 0.319 e. The number of carbonyl (C=O) groups is 2. The largest absolute Gasteiger partial charge is 0.398 e. The Morgan fingerprint density at radius 1 is 1.28 bits per heavy atom. The quantitative estimate of drug-likeness (QED) is 0.674. The van der Waals surface area contributed by atoms with E-state index in [0.29, 0.717) is 21.5 Å². The third-order valence-electron chi connectivity index (χ3n) is 2.36. The second-order valence-corrected chi connectivity index (χ2v) is 3.94. The molecule has 1 aromatic carbocycles. The normalized spacial score (nSPS) is 10.3. The highest BCUT2D eigenvalue weighted by Crippen LogP contribution is 2.29. The zero-order valence-electron chi connectivity index (χ0n) is 9.11. The van der Waals surface area contributed by atoms with E-state index in [2.05, 4.69) is 4.98 Å². The van der Waals surface area contributed by atoms with Gasteiger partial charge in [-0.1, -0.05) is 11.6 Å². The van der Waals surface area contributed by atoms with Gasteiger partial charge in [-0.05, 0) is 18.2 Å². The summed E-state index contributed by atoms with van der Waals surface area (Å²) in [5.41, 5.74) is 11.1. The fraction of sp³-hybridized carbons (Fsp3) is 0. The number of carbonyl (C=O) groups excluding carboxylic acids is 2.